The Morgan fingerprint density at radius 2 is 2.20 bits per heavy atom. The molecule has 0 aromatic carbocycles. The average Bonchev–Trinajstić information content (AvgIpc) is 2.59. The van der Waals surface area contributed by atoms with Gasteiger partial charge in [0.15, 0.2) is 0 Å². The van der Waals surface area contributed by atoms with E-state index in [4.69, 9.17) is 11.1 Å². The third-order valence-corrected chi connectivity index (χ3v) is 3.95. The molecular weight excluding hydrogens is 250 g/mol. The fraction of sp³-hybridized carbons (Fsp3) is 0.600. The molecule has 0 saturated carbocycles. The first-order valence-electron chi connectivity index (χ1n) is 7.30. The van der Waals surface area contributed by atoms with E-state index in [-0.39, 0.29) is 5.84 Å². The van der Waals surface area contributed by atoms with Crippen molar-refractivity contribution in [1.82, 2.24) is 9.88 Å². The van der Waals surface area contributed by atoms with Gasteiger partial charge in [-0.3, -0.25) is 5.41 Å². The lowest BCUT2D eigenvalue weighted by Crippen LogP contribution is -2.41. The molecule has 1 aromatic heterocycles. The highest BCUT2D eigenvalue weighted by molar-refractivity contribution is 5.99. The standard InChI is InChI=1S/C15H25N5/c1-4-12-10-19(3)8-5-9-20(12)15-13(14(16)17)7-6-11(2)18-15/h6-7,12H,4-5,8-10H2,1-3H3,(H3,16,17). The van der Waals surface area contributed by atoms with Crippen molar-refractivity contribution in [3.8, 4) is 0 Å². The van der Waals surface area contributed by atoms with Crippen LogP contribution in [0.5, 0.6) is 0 Å². The monoisotopic (exact) mass is 275 g/mol. The van der Waals surface area contributed by atoms with Crippen molar-refractivity contribution in [1.29, 1.82) is 5.41 Å². The highest BCUT2D eigenvalue weighted by Gasteiger charge is 2.25. The van der Waals surface area contributed by atoms with Crippen molar-refractivity contribution in [2.75, 3.05) is 31.6 Å². The molecule has 2 heterocycles. The minimum Gasteiger partial charge on any atom is -0.384 e. The van der Waals surface area contributed by atoms with E-state index in [1.54, 1.807) is 0 Å². The number of nitrogens with one attached hydrogen (secondary N) is 1. The second-order valence-electron chi connectivity index (χ2n) is 5.61. The Bertz CT molecular complexity index is 485. The lowest BCUT2D eigenvalue weighted by molar-refractivity contribution is 0.327. The Hall–Kier alpha value is -1.62. The molecule has 3 N–H and O–H groups in total. The van der Waals surface area contributed by atoms with Gasteiger partial charge in [0.2, 0.25) is 0 Å². The number of nitrogens with zero attached hydrogens (tertiary/aromatic N) is 3. The molecule has 5 heteroatoms. The fourth-order valence-electron chi connectivity index (χ4n) is 2.84. The predicted octanol–water partition coefficient (Wildman–Crippen LogP) is 1.59. The molecule has 0 aliphatic carbocycles. The minimum absolute atomic E-state index is 0.0972. The van der Waals surface area contributed by atoms with Crippen LogP contribution in [0, 0.1) is 12.3 Å². The van der Waals surface area contributed by atoms with Crippen LogP contribution in [0.1, 0.15) is 31.0 Å². The summed E-state index contributed by atoms with van der Waals surface area (Å²) in [6.07, 6.45) is 2.18. The van der Waals surface area contributed by atoms with E-state index in [0.29, 0.717) is 6.04 Å². The molecule has 1 saturated heterocycles. The highest BCUT2D eigenvalue weighted by Crippen LogP contribution is 2.24. The number of pyridine rings is 1. The largest absolute Gasteiger partial charge is 0.384 e. The Morgan fingerprint density at radius 3 is 2.85 bits per heavy atom. The van der Waals surface area contributed by atoms with Gasteiger partial charge in [-0.25, -0.2) is 4.98 Å². The first-order valence-corrected chi connectivity index (χ1v) is 7.30. The van der Waals surface area contributed by atoms with Crippen LogP contribution in [0.2, 0.25) is 0 Å². The van der Waals surface area contributed by atoms with Crippen molar-refractivity contribution >= 4 is 11.7 Å². The summed E-state index contributed by atoms with van der Waals surface area (Å²) in [5, 5.41) is 7.78. The molecule has 1 aromatic rings. The second kappa shape index (κ2) is 6.22. The van der Waals surface area contributed by atoms with Gasteiger partial charge >= 0.3 is 0 Å². The lowest BCUT2D eigenvalue weighted by Gasteiger charge is -2.32. The summed E-state index contributed by atoms with van der Waals surface area (Å²) in [7, 11) is 2.17. The van der Waals surface area contributed by atoms with Crippen LogP contribution in [0.15, 0.2) is 12.1 Å². The van der Waals surface area contributed by atoms with Crippen LogP contribution in [-0.4, -0.2) is 48.4 Å². The number of aryl methyl sites for hydroxylation is 1. The number of hydrogen-bond acceptors (Lipinski definition) is 4. The third-order valence-electron chi connectivity index (χ3n) is 3.95. The quantitative estimate of drug-likeness (QED) is 0.649. The topological polar surface area (TPSA) is 69.2 Å². The molecule has 1 aliphatic heterocycles. The number of anilines is 1. The Balaban J connectivity index is 2.41. The van der Waals surface area contributed by atoms with Crippen molar-refractivity contribution in [2.45, 2.75) is 32.7 Å². The van der Waals surface area contributed by atoms with Crippen LogP contribution < -0.4 is 10.6 Å². The summed E-state index contributed by atoms with van der Waals surface area (Å²) in [4.78, 5) is 9.38. The number of aromatic nitrogens is 1. The molecule has 1 fully saturated rings. The van der Waals surface area contributed by atoms with Gasteiger partial charge in [-0.05, 0) is 45.5 Å². The summed E-state index contributed by atoms with van der Waals surface area (Å²) in [5.41, 5.74) is 7.45. The van der Waals surface area contributed by atoms with E-state index < -0.39 is 0 Å². The van der Waals surface area contributed by atoms with E-state index >= 15 is 0 Å². The summed E-state index contributed by atoms with van der Waals surface area (Å²) in [6, 6.07) is 4.27. The number of rotatable bonds is 3. The molecule has 0 amide bonds. The zero-order chi connectivity index (χ0) is 14.7. The summed E-state index contributed by atoms with van der Waals surface area (Å²) in [5.74, 6) is 0.972. The average molecular weight is 275 g/mol. The van der Waals surface area contributed by atoms with Crippen LogP contribution >= 0.6 is 0 Å². The Labute approximate surface area is 121 Å². The maximum absolute atomic E-state index is 7.78. The normalized spacial score (nSPS) is 20.8. The third kappa shape index (κ3) is 3.10. The van der Waals surface area contributed by atoms with Crippen molar-refractivity contribution in [3.05, 3.63) is 23.4 Å². The van der Waals surface area contributed by atoms with Crippen LogP contribution in [0.3, 0.4) is 0 Å². The highest BCUT2D eigenvalue weighted by atomic mass is 15.3. The number of nitrogens with two attached hydrogens (primary N) is 1. The smallest absolute Gasteiger partial charge is 0.140 e. The van der Waals surface area contributed by atoms with Crippen molar-refractivity contribution < 1.29 is 0 Å². The van der Waals surface area contributed by atoms with Crippen LogP contribution in [-0.2, 0) is 0 Å². The molecule has 0 spiro atoms. The van der Waals surface area contributed by atoms with E-state index in [9.17, 15) is 0 Å². The zero-order valence-electron chi connectivity index (χ0n) is 12.7. The van der Waals surface area contributed by atoms with Gasteiger partial charge in [0.1, 0.15) is 11.7 Å². The van der Waals surface area contributed by atoms with E-state index in [2.05, 4.69) is 28.8 Å². The molecule has 5 nitrogen and oxygen atoms in total. The van der Waals surface area contributed by atoms with Gasteiger partial charge in [-0.2, -0.15) is 0 Å². The lowest BCUT2D eigenvalue weighted by atomic mass is 10.1. The van der Waals surface area contributed by atoms with Gasteiger partial charge in [0.05, 0.1) is 5.56 Å². The van der Waals surface area contributed by atoms with Crippen LogP contribution in [0.25, 0.3) is 0 Å². The fourth-order valence-corrected chi connectivity index (χ4v) is 2.84. The first kappa shape index (κ1) is 14.8. The zero-order valence-corrected chi connectivity index (χ0v) is 12.7. The summed E-state index contributed by atoms with van der Waals surface area (Å²) >= 11 is 0. The van der Waals surface area contributed by atoms with Crippen LogP contribution in [0.4, 0.5) is 5.82 Å². The van der Waals surface area contributed by atoms with Gasteiger partial charge in [-0.15, -0.1) is 0 Å². The SMILES string of the molecule is CCC1CN(C)CCCN1c1nc(C)ccc1C(=N)N. The van der Waals surface area contributed by atoms with Gasteiger partial charge in [0.25, 0.3) is 0 Å². The molecule has 2 rings (SSSR count). The number of nitrogen functional groups attached to an aromatic ring is 1. The van der Waals surface area contributed by atoms with Gasteiger partial charge in [0, 0.05) is 24.8 Å². The number of amidine groups is 1. The van der Waals surface area contributed by atoms with Crippen molar-refractivity contribution in [2.24, 2.45) is 5.73 Å². The maximum Gasteiger partial charge on any atom is 0.140 e. The summed E-state index contributed by atoms with van der Waals surface area (Å²) in [6.45, 7) is 7.30. The molecule has 1 atom stereocenters. The Kier molecular flexibility index (Phi) is 4.60. The van der Waals surface area contributed by atoms with E-state index in [0.717, 1.165) is 49.6 Å². The van der Waals surface area contributed by atoms with Crippen molar-refractivity contribution in [3.63, 3.8) is 0 Å². The predicted molar refractivity (Wildman–Crippen MR) is 83.5 cm³/mol. The minimum atomic E-state index is 0.0972. The van der Waals surface area contributed by atoms with Gasteiger partial charge < -0.3 is 15.5 Å². The molecule has 1 aliphatic rings. The number of likely N-dealkylation sites (N-methyl/N-ethyl adjacent to an activating group) is 1. The molecule has 1 unspecified atom stereocenters. The second-order valence-corrected chi connectivity index (χ2v) is 5.61. The molecular formula is C15H25N5. The van der Waals surface area contributed by atoms with Gasteiger partial charge in [-0.1, -0.05) is 6.92 Å². The van der Waals surface area contributed by atoms with E-state index in [1.165, 1.54) is 0 Å². The molecule has 20 heavy (non-hydrogen) atoms. The Morgan fingerprint density at radius 1 is 1.45 bits per heavy atom. The molecule has 0 bridgehead atoms. The van der Waals surface area contributed by atoms with E-state index in [1.807, 2.05) is 19.1 Å². The maximum atomic E-state index is 7.78. The number of hydrogen-bond donors (Lipinski definition) is 2. The molecule has 110 valence electrons. The summed E-state index contributed by atoms with van der Waals surface area (Å²) < 4.78 is 0. The molecule has 0 radical (unpaired) electrons. The first-order chi connectivity index (χ1) is 9.52.